The minimum absolute atomic E-state index is 0.220. The topological polar surface area (TPSA) is 66.0 Å². The molecule has 0 aromatic carbocycles. The van der Waals surface area contributed by atoms with Crippen LogP contribution in [0.4, 0.5) is 5.82 Å². The lowest BCUT2D eigenvalue weighted by Gasteiger charge is -2.32. The minimum Gasteiger partial charge on any atom is -0.387 e. The van der Waals surface area contributed by atoms with E-state index in [0.717, 1.165) is 36.2 Å². The highest BCUT2D eigenvalue weighted by Crippen LogP contribution is 2.29. The van der Waals surface area contributed by atoms with E-state index in [2.05, 4.69) is 25.8 Å². The molecule has 2 rings (SSSR count). The van der Waals surface area contributed by atoms with Gasteiger partial charge < -0.3 is 10.6 Å². The molecule has 0 bridgehead atoms. The predicted octanol–water partition coefficient (Wildman–Crippen LogP) is 2.65. The van der Waals surface area contributed by atoms with Gasteiger partial charge in [-0.3, -0.25) is 5.41 Å². The van der Waals surface area contributed by atoms with Crippen LogP contribution in [0.1, 0.15) is 12.8 Å². The van der Waals surface area contributed by atoms with Crippen LogP contribution in [0.3, 0.4) is 0 Å². The highest BCUT2D eigenvalue weighted by molar-refractivity contribution is 9.10. The van der Waals surface area contributed by atoms with Crippen LogP contribution in [0.25, 0.3) is 0 Å². The highest BCUT2D eigenvalue weighted by atomic mass is 79.9. The van der Waals surface area contributed by atoms with Gasteiger partial charge in [0, 0.05) is 25.2 Å². The first-order valence-electron chi connectivity index (χ1n) is 5.48. The van der Waals surface area contributed by atoms with Gasteiger partial charge in [0.25, 0.3) is 0 Å². The fourth-order valence-corrected chi connectivity index (χ4v) is 2.93. The average molecular weight is 318 g/mol. The van der Waals surface area contributed by atoms with Crippen LogP contribution < -0.4 is 10.6 Å². The van der Waals surface area contributed by atoms with Crippen molar-refractivity contribution in [3.05, 3.63) is 21.8 Å². The molecule has 6 heteroatoms. The van der Waals surface area contributed by atoms with Gasteiger partial charge >= 0.3 is 0 Å². The van der Waals surface area contributed by atoms with Crippen molar-refractivity contribution < 1.29 is 0 Å². The monoisotopic (exact) mass is 316 g/mol. The Morgan fingerprint density at radius 3 is 2.71 bits per heavy atom. The third-order valence-corrected chi connectivity index (χ3v) is 3.81. The van der Waals surface area contributed by atoms with Gasteiger partial charge in [-0.15, -0.1) is 0 Å². The second-order valence-corrected chi connectivity index (χ2v) is 5.47. The number of anilines is 1. The maximum Gasteiger partial charge on any atom is 0.142 e. The predicted molar refractivity (Wildman–Crippen MR) is 73.8 cm³/mol. The van der Waals surface area contributed by atoms with E-state index < -0.39 is 0 Å². The number of rotatable bonds is 2. The molecule has 0 atom stereocenters. The summed E-state index contributed by atoms with van der Waals surface area (Å²) in [6, 6.07) is 1.85. The number of halogens is 2. The number of hydrogen-bond acceptors (Lipinski definition) is 3. The first kappa shape index (κ1) is 12.6. The molecule has 0 unspecified atom stereocenters. The fraction of sp³-hybridized carbons (Fsp3) is 0.455. The maximum absolute atomic E-state index is 7.45. The summed E-state index contributed by atoms with van der Waals surface area (Å²) in [6.45, 7) is 1.74. The SMILES string of the molecule is N=C(N)C1CCN(c2ncc(Cl)cc2Br)CC1. The van der Waals surface area contributed by atoms with Crippen molar-refractivity contribution in [2.75, 3.05) is 18.0 Å². The third-order valence-electron chi connectivity index (χ3n) is 3.02. The lowest BCUT2D eigenvalue weighted by atomic mass is 9.96. The number of nitrogens with zero attached hydrogens (tertiary/aromatic N) is 2. The van der Waals surface area contributed by atoms with Gasteiger partial charge in [-0.05, 0) is 34.8 Å². The Kier molecular flexibility index (Phi) is 3.89. The van der Waals surface area contributed by atoms with Gasteiger partial charge in [-0.1, -0.05) is 11.6 Å². The van der Waals surface area contributed by atoms with Crippen molar-refractivity contribution in [3.8, 4) is 0 Å². The van der Waals surface area contributed by atoms with E-state index in [1.54, 1.807) is 6.20 Å². The van der Waals surface area contributed by atoms with E-state index in [0.29, 0.717) is 10.9 Å². The summed E-state index contributed by atoms with van der Waals surface area (Å²) in [5.41, 5.74) is 5.52. The lowest BCUT2D eigenvalue weighted by Crippen LogP contribution is -2.38. The lowest BCUT2D eigenvalue weighted by molar-refractivity contribution is 0.495. The number of aromatic nitrogens is 1. The van der Waals surface area contributed by atoms with Gasteiger partial charge in [0.05, 0.1) is 15.3 Å². The summed E-state index contributed by atoms with van der Waals surface area (Å²) in [4.78, 5) is 6.53. The Labute approximate surface area is 114 Å². The van der Waals surface area contributed by atoms with Gasteiger partial charge in [-0.25, -0.2) is 4.98 Å². The van der Waals surface area contributed by atoms with Crippen molar-refractivity contribution >= 4 is 39.2 Å². The smallest absolute Gasteiger partial charge is 0.142 e. The van der Waals surface area contributed by atoms with Crippen molar-refractivity contribution in [1.82, 2.24) is 4.98 Å². The molecule has 1 aliphatic rings. The molecule has 92 valence electrons. The van der Waals surface area contributed by atoms with Crippen LogP contribution in [0.5, 0.6) is 0 Å². The van der Waals surface area contributed by atoms with E-state index >= 15 is 0 Å². The second kappa shape index (κ2) is 5.23. The normalized spacial score (nSPS) is 17.2. The Bertz CT molecular complexity index is 429. The number of piperidine rings is 1. The summed E-state index contributed by atoms with van der Waals surface area (Å²) in [7, 11) is 0. The average Bonchev–Trinajstić information content (AvgIpc) is 2.29. The zero-order chi connectivity index (χ0) is 12.4. The molecule has 4 nitrogen and oxygen atoms in total. The standard InChI is InChI=1S/C11H14BrClN4/c12-9-5-8(13)6-16-11(9)17-3-1-7(2-4-17)10(14)15/h5-7H,1-4H2,(H3,14,15). The molecule has 1 saturated heterocycles. The van der Waals surface area contributed by atoms with Gasteiger partial charge in [0.1, 0.15) is 5.82 Å². The summed E-state index contributed by atoms with van der Waals surface area (Å²) in [6.07, 6.45) is 3.47. The van der Waals surface area contributed by atoms with Crippen molar-refractivity contribution in [2.45, 2.75) is 12.8 Å². The Morgan fingerprint density at radius 2 is 2.18 bits per heavy atom. The van der Waals surface area contributed by atoms with E-state index in [1.807, 2.05) is 6.07 Å². The molecule has 0 amide bonds. The first-order valence-corrected chi connectivity index (χ1v) is 6.65. The quantitative estimate of drug-likeness (QED) is 0.651. The summed E-state index contributed by atoms with van der Waals surface area (Å²) in [5.74, 6) is 1.43. The van der Waals surface area contributed by atoms with Crippen molar-refractivity contribution in [3.63, 3.8) is 0 Å². The Hall–Kier alpha value is -0.810. The molecule has 17 heavy (non-hydrogen) atoms. The van der Waals surface area contributed by atoms with E-state index in [9.17, 15) is 0 Å². The number of hydrogen-bond donors (Lipinski definition) is 2. The molecule has 1 aliphatic heterocycles. The van der Waals surface area contributed by atoms with Crippen LogP contribution >= 0.6 is 27.5 Å². The van der Waals surface area contributed by atoms with Crippen LogP contribution in [0.2, 0.25) is 5.02 Å². The van der Waals surface area contributed by atoms with Crippen LogP contribution in [-0.4, -0.2) is 23.9 Å². The second-order valence-electron chi connectivity index (χ2n) is 4.18. The molecular formula is C11H14BrClN4. The number of nitrogens with two attached hydrogens (primary N) is 1. The van der Waals surface area contributed by atoms with Crippen LogP contribution in [-0.2, 0) is 0 Å². The molecule has 0 saturated carbocycles. The molecule has 1 fully saturated rings. The largest absolute Gasteiger partial charge is 0.387 e. The highest BCUT2D eigenvalue weighted by Gasteiger charge is 2.23. The van der Waals surface area contributed by atoms with Crippen molar-refractivity contribution in [2.24, 2.45) is 11.7 Å². The molecule has 0 radical (unpaired) electrons. The molecule has 3 N–H and O–H groups in total. The van der Waals surface area contributed by atoms with E-state index in [4.69, 9.17) is 22.7 Å². The number of nitrogens with one attached hydrogen (secondary N) is 1. The molecule has 0 aliphatic carbocycles. The number of pyridine rings is 1. The van der Waals surface area contributed by atoms with E-state index in [1.165, 1.54) is 0 Å². The van der Waals surface area contributed by atoms with Gasteiger partial charge in [0.15, 0.2) is 0 Å². The number of amidine groups is 1. The first-order chi connectivity index (χ1) is 8.08. The van der Waals surface area contributed by atoms with Gasteiger partial charge in [-0.2, -0.15) is 0 Å². The maximum atomic E-state index is 7.45. The molecule has 2 heterocycles. The Morgan fingerprint density at radius 1 is 1.53 bits per heavy atom. The minimum atomic E-state index is 0.220. The summed E-state index contributed by atoms with van der Waals surface area (Å²) >= 11 is 9.34. The fourth-order valence-electron chi connectivity index (χ4n) is 2.04. The Balaban J connectivity index is 2.08. The van der Waals surface area contributed by atoms with Crippen LogP contribution in [0, 0.1) is 11.3 Å². The molecule has 1 aromatic heterocycles. The zero-order valence-electron chi connectivity index (χ0n) is 9.29. The summed E-state index contributed by atoms with van der Waals surface area (Å²) in [5, 5.41) is 8.07. The van der Waals surface area contributed by atoms with E-state index in [-0.39, 0.29) is 5.92 Å². The molecule has 0 spiro atoms. The zero-order valence-corrected chi connectivity index (χ0v) is 11.6. The molecule has 1 aromatic rings. The summed E-state index contributed by atoms with van der Waals surface area (Å²) < 4.78 is 0.909. The molecular weight excluding hydrogens is 304 g/mol. The van der Waals surface area contributed by atoms with Crippen molar-refractivity contribution in [1.29, 1.82) is 5.41 Å². The van der Waals surface area contributed by atoms with Crippen LogP contribution in [0.15, 0.2) is 16.7 Å². The third kappa shape index (κ3) is 2.90. The van der Waals surface area contributed by atoms with Gasteiger partial charge in [0.2, 0.25) is 0 Å².